The zero-order chi connectivity index (χ0) is 26.5. The third-order valence-electron chi connectivity index (χ3n) is 9.37. The maximum atomic E-state index is 13.4. The smallest absolute Gasteiger partial charge is 0.257 e. The van der Waals surface area contributed by atoms with Gasteiger partial charge in [-0.15, -0.1) is 0 Å². The highest BCUT2D eigenvalue weighted by Crippen LogP contribution is 2.42. The molecule has 1 amide bonds. The van der Waals surface area contributed by atoms with Crippen molar-refractivity contribution in [2.24, 2.45) is 28.5 Å². The van der Waals surface area contributed by atoms with Crippen molar-refractivity contribution in [2.75, 3.05) is 7.05 Å². The van der Waals surface area contributed by atoms with Gasteiger partial charge in [-0.25, -0.2) is 4.99 Å². The number of nitrogens with zero attached hydrogens (tertiary/aromatic N) is 2. The third kappa shape index (κ3) is 6.03. The number of ketones is 1. The Hall–Kier alpha value is -2.95. The summed E-state index contributed by atoms with van der Waals surface area (Å²) in [5.41, 5.74) is 8.55. The van der Waals surface area contributed by atoms with E-state index in [0.717, 1.165) is 61.6 Å². The molecule has 202 valence electrons. The minimum absolute atomic E-state index is 0.0718. The predicted octanol–water partition coefficient (Wildman–Crippen LogP) is 7.01. The van der Waals surface area contributed by atoms with Crippen molar-refractivity contribution in [2.45, 2.75) is 89.0 Å². The molecule has 3 aliphatic rings. The molecule has 2 N–H and O–H groups in total. The molecule has 1 aliphatic heterocycles. The van der Waals surface area contributed by atoms with Crippen molar-refractivity contribution in [3.8, 4) is 11.1 Å². The quantitative estimate of drug-likeness (QED) is 0.367. The Balaban J connectivity index is 1.21. The number of nitrogens with two attached hydrogens (primary N) is 1. The van der Waals surface area contributed by atoms with Crippen LogP contribution in [0.1, 0.15) is 93.8 Å². The number of benzene rings is 2. The van der Waals surface area contributed by atoms with Crippen molar-refractivity contribution in [3.05, 3.63) is 60.2 Å². The molecule has 5 rings (SSSR count). The average molecular weight is 514 g/mol. The first-order chi connectivity index (χ1) is 18.4. The molecule has 5 heteroatoms. The minimum Gasteiger partial charge on any atom is -0.369 e. The van der Waals surface area contributed by atoms with Gasteiger partial charge in [0.25, 0.3) is 5.91 Å². The molecule has 3 atom stereocenters. The Bertz CT molecular complexity index is 1140. The number of likely N-dealkylation sites (N-methyl/N-ethyl adjacent to an activating group) is 1. The highest BCUT2D eigenvalue weighted by Gasteiger charge is 2.48. The summed E-state index contributed by atoms with van der Waals surface area (Å²) in [5, 5.41) is 0. The first kappa shape index (κ1) is 26.6. The van der Waals surface area contributed by atoms with E-state index < -0.39 is 5.54 Å². The van der Waals surface area contributed by atoms with Crippen LogP contribution in [0.3, 0.4) is 0 Å². The minimum atomic E-state index is -0.708. The van der Waals surface area contributed by atoms with E-state index in [4.69, 9.17) is 10.7 Å². The van der Waals surface area contributed by atoms with Gasteiger partial charge in [0.15, 0.2) is 11.7 Å². The first-order valence-corrected chi connectivity index (χ1v) is 14.8. The molecule has 1 heterocycles. The summed E-state index contributed by atoms with van der Waals surface area (Å²) >= 11 is 0. The number of hydrogen-bond acceptors (Lipinski definition) is 4. The summed E-state index contributed by atoms with van der Waals surface area (Å²) in [4.78, 5) is 33.0. The van der Waals surface area contributed by atoms with Gasteiger partial charge in [0.1, 0.15) is 5.54 Å². The number of carbonyl (C=O) groups excluding carboxylic acids is 2. The third-order valence-corrected chi connectivity index (χ3v) is 9.37. The van der Waals surface area contributed by atoms with Crippen LogP contribution in [0.15, 0.2) is 59.6 Å². The topological polar surface area (TPSA) is 75.8 Å². The largest absolute Gasteiger partial charge is 0.369 e. The second-order valence-corrected chi connectivity index (χ2v) is 12.1. The normalized spacial score (nSPS) is 26.4. The van der Waals surface area contributed by atoms with Gasteiger partial charge in [0.05, 0.1) is 0 Å². The van der Waals surface area contributed by atoms with Gasteiger partial charge in [0, 0.05) is 19.0 Å². The highest BCUT2D eigenvalue weighted by molar-refractivity contribution is 6.06. The van der Waals surface area contributed by atoms with E-state index >= 15 is 0 Å². The predicted molar refractivity (Wildman–Crippen MR) is 154 cm³/mol. The number of amides is 1. The van der Waals surface area contributed by atoms with E-state index in [1.54, 1.807) is 11.9 Å². The van der Waals surface area contributed by atoms with E-state index in [1.807, 2.05) is 42.5 Å². The number of hydrogen-bond donors (Lipinski definition) is 1. The van der Waals surface area contributed by atoms with Crippen LogP contribution < -0.4 is 5.73 Å². The van der Waals surface area contributed by atoms with E-state index in [2.05, 4.69) is 12.1 Å². The molecule has 2 fully saturated rings. The molecule has 5 nitrogen and oxygen atoms in total. The number of carbonyl (C=O) groups is 2. The van der Waals surface area contributed by atoms with E-state index in [1.165, 1.54) is 32.1 Å². The van der Waals surface area contributed by atoms with Crippen molar-refractivity contribution in [3.63, 3.8) is 0 Å². The molecule has 0 radical (unpaired) electrons. The lowest BCUT2D eigenvalue weighted by Crippen LogP contribution is -2.44. The SMILES string of the molecule is CN1C(=O)[C@@](CCC2CCCCC2)(C[C@H]2CCC[C@@H](CC(=O)c3ccc(-c4ccccc4)cc3)C2)N=C1N. The molecule has 0 bridgehead atoms. The van der Waals surface area contributed by atoms with E-state index in [0.29, 0.717) is 30.1 Å². The molecule has 0 unspecified atom stereocenters. The molecule has 0 saturated heterocycles. The lowest BCUT2D eigenvalue weighted by atomic mass is 9.71. The standard InChI is InChI=1S/C33H43N3O2/c1-36-31(38)33(35-32(36)34,20-19-24-9-4-2-5-10-24)23-26-12-8-11-25(21-26)22-30(37)29-17-15-28(16-18-29)27-13-6-3-7-14-27/h3,6-7,13-18,24-26H,2,4-5,8-12,19-23H2,1H3,(H2,34,35)/t25-,26+,33-/m1/s1. The van der Waals surface area contributed by atoms with Crippen LogP contribution in [0.5, 0.6) is 0 Å². The lowest BCUT2D eigenvalue weighted by Gasteiger charge is -2.35. The molecule has 0 spiro atoms. The van der Waals surface area contributed by atoms with E-state index in [-0.39, 0.29) is 11.7 Å². The van der Waals surface area contributed by atoms with Crippen molar-refractivity contribution >= 4 is 17.6 Å². The lowest BCUT2D eigenvalue weighted by molar-refractivity contribution is -0.131. The van der Waals surface area contributed by atoms with Crippen LogP contribution in [0, 0.1) is 17.8 Å². The number of guanidine groups is 1. The Labute approximate surface area is 227 Å². The first-order valence-electron chi connectivity index (χ1n) is 14.8. The van der Waals surface area contributed by atoms with Crippen LogP contribution in [-0.4, -0.2) is 35.1 Å². The molecule has 0 aromatic heterocycles. The van der Waals surface area contributed by atoms with Gasteiger partial charge < -0.3 is 5.73 Å². The van der Waals surface area contributed by atoms with Crippen LogP contribution in [-0.2, 0) is 4.79 Å². The molecule has 2 aromatic rings. The summed E-state index contributed by atoms with van der Waals surface area (Å²) in [6, 6.07) is 18.3. The molecular weight excluding hydrogens is 470 g/mol. The van der Waals surface area contributed by atoms with Gasteiger partial charge in [-0.2, -0.15) is 0 Å². The van der Waals surface area contributed by atoms with Gasteiger partial charge in [-0.05, 0) is 61.0 Å². The van der Waals surface area contributed by atoms with Gasteiger partial charge in [-0.1, -0.05) is 99.5 Å². The van der Waals surface area contributed by atoms with Gasteiger partial charge in [0.2, 0.25) is 0 Å². The van der Waals surface area contributed by atoms with Crippen molar-refractivity contribution in [1.82, 2.24) is 4.90 Å². The summed E-state index contributed by atoms with van der Waals surface area (Å²) in [6.45, 7) is 0. The summed E-state index contributed by atoms with van der Waals surface area (Å²) in [5.74, 6) is 2.13. The van der Waals surface area contributed by atoms with Crippen LogP contribution in [0.4, 0.5) is 0 Å². The Kier molecular flexibility index (Phi) is 8.30. The average Bonchev–Trinajstić information content (AvgIpc) is 3.16. The summed E-state index contributed by atoms with van der Waals surface area (Å²) in [7, 11) is 1.76. The summed E-state index contributed by atoms with van der Waals surface area (Å²) in [6.07, 6.45) is 14.0. The fraction of sp³-hybridized carbons (Fsp3) is 0.545. The molecule has 2 aliphatic carbocycles. The van der Waals surface area contributed by atoms with Crippen LogP contribution in [0.25, 0.3) is 11.1 Å². The van der Waals surface area contributed by atoms with E-state index in [9.17, 15) is 9.59 Å². The highest BCUT2D eigenvalue weighted by atomic mass is 16.2. The zero-order valence-corrected chi connectivity index (χ0v) is 22.9. The van der Waals surface area contributed by atoms with Gasteiger partial charge >= 0.3 is 0 Å². The second kappa shape index (κ2) is 11.8. The number of Topliss-reactive ketones (excluding diaryl/α,β-unsaturated/α-hetero) is 1. The number of aliphatic imine (C=N–C) groups is 1. The zero-order valence-electron chi connectivity index (χ0n) is 22.9. The summed E-state index contributed by atoms with van der Waals surface area (Å²) < 4.78 is 0. The van der Waals surface area contributed by atoms with Crippen molar-refractivity contribution < 1.29 is 9.59 Å². The Morgan fingerprint density at radius 2 is 1.55 bits per heavy atom. The monoisotopic (exact) mass is 513 g/mol. The second-order valence-electron chi connectivity index (χ2n) is 12.1. The maximum Gasteiger partial charge on any atom is 0.257 e. The molecule has 38 heavy (non-hydrogen) atoms. The Morgan fingerprint density at radius 3 is 2.24 bits per heavy atom. The van der Waals surface area contributed by atoms with Crippen LogP contribution >= 0.6 is 0 Å². The van der Waals surface area contributed by atoms with Gasteiger partial charge in [-0.3, -0.25) is 14.5 Å². The fourth-order valence-electron chi connectivity index (χ4n) is 7.18. The van der Waals surface area contributed by atoms with Crippen molar-refractivity contribution in [1.29, 1.82) is 0 Å². The number of rotatable bonds is 9. The fourth-order valence-corrected chi connectivity index (χ4v) is 7.18. The Morgan fingerprint density at radius 1 is 0.895 bits per heavy atom. The molecular formula is C33H43N3O2. The van der Waals surface area contributed by atoms with Crippen LogP contribution in [0.2, 0.25) is 0 Å². The maximum absolute atomic E-state index is 13.4. The molecule has 2 aromatic carbocycles. The molecule has 2 saturated carbocycles.